The van der Waals surface area contributed by atoms with E-state index in [9.17, 15) is 19.8 Å². The van der Waals surface area contributed by atoms with Gasteiger partial charge in [-0.25, -0.2) is 9.36 Å². The number of carboxylic acids is 1. The number of carbonyl (C=O) groups is 2. The number of β-lactam (4-membered cyclic amide) rings is 1. The molecule has 1 amide bonds. The van der Waals surface area contributed by atoms with E-state index in [0.29, 0.717) is 12.1 Å². The lowest BCUT2D eigenvalue weighted by molar-refractivity contribution is -0.688. The van der Waals surface area contributed by atoms with Crippen molar-refractivity contribution >= 4 is 28.0 Å². The van der Waals surface area contributed by atoms with Gasteiger partial charge in [-0.3, -0.25) is 4.79 Å². The van der Waals surface area contributed by atoms with Crippen molar-refractivity contribution in [3.63, 3.8) is 0 Å². The summed E-state index contributed by atoms with van der Waals surface area (Å²) in [5, 5.41) is 21.9. The minimum atomic E-state index is -1.09. The predicted molar refractivity (Wildman–Crippen MR) is 111 cm³/mol. The zero-order valence-electron chi connectivity index (χ0n) is 16.6. The third kappa shape index (κ3) is 2.64. The van der Waals surface area contributed by atoms with Crippen molar-refractivity contribution in [1.29, 1.82) is 0 Å². The fourth-order valence-electron chi connectivity index (χ4n) is 4.84. The van der Waals surface area contributed by atoms with E-state index in [-0.39, 0.29) is 23.6 Å². The first-order chi connectivity index (χ1) is 14.4. The highest BCUT2D eigenvalue weighted by atomic mass is 32.1. The molecule has 1 fully saturated rings. The zero-order valence-corrected chi connectivity index (χ0v) is 17.4. The Bertz CT molecular complexity index is 1190. The Morgan fingerprint density at radius 2 is 2.03 bits per heavy atom. The van der Waals surface area contributed by atoms with Gasteiger partial charge in [-0.2, -0.15) is 4.40 Å². The molecular weight excluding hydrogens is 402 g/mol. The van der Waals surface area contributed by atoms with Crippen LogP contribution in [0.2, 0.25) is 0 Å². The number of aromatic nitrogens is 2. The summed E-state index contributed by atoms with van der Waals surface area (Å²) < 4.78 is 4.07. The number of carbonyl (C=O) groups excluding carboxylic acids is 1. The third-order valence-corrected chi connectivity index (χ3v) is 7.15. The Kier molecular flexibility index (Phi) is 4.30. The topological polar surface area (TPSA) is 86.1 Å². The van der Waals surface area contributed by atoms with Gasteiger partial charge in [0.15, 0.2) is 5.69 Å². The van der Waals surface area contributed by atoms with Crippen LogP contribution in [0.15, 0.2) is 59.5 Å². The first-order valence-electron chi connectivity index (χ1n) is 9.90. The Morgan fingerprint density at radius 1 is 1.30 bits per heavy atom. The van der Waals surface area contributed by atoms with E-state index in [1.807, 2.05) is 42.2 Å². The number of nitrogens with zero attached hydrogens (tertiary/aromatic N) is 3. The van der Waals surface area contributed by atoms with Crippen molar-refractivity contribution in [2.24, 2.45) is 11.8 Å². The molecule has 0 radical (unpaired) electrons. The molecule has 3 aromatic rings. The molecule has 0 saturated carbocycles. The van der Waals surface area contributed by atoms with Gasteiger partial charge in [0.2, 0.25) is 17.1 Å². The summed E-state index contributed by atoms with van der Waals surface area (Å²) in [4.78, 5) is 26.9. The normalized spacial score (nSPS) is 24.3. The van der Waals surface area contributed by atoms with Crippen molar-refractivity contribution in [2.45, 2.75) is 32.5 Å². The van der Waals surface area contributed by atoms with Crippen LogP contribution < -0.4 is 4.57 Å². The number of aliphatic carboxylic acids is 1. The van der Waals surface area contributed by atoms with Crippen LogP contribution in [0.4, 0.5) is 0 Å². The monoisotopic (exact) mass is 424 g/mol. The number of thiazole rings is 1. The minimum absolute atomic E-state index is 0.0692. The van der Waals surface area contributed by atoms with Crippen molar-refractivity contribution in [2.75, 3.05) is 0 Å². The summed E-state index contributed by atoms with van der Waals surface area (Å²) >= 11 is 1.63. The first-order valence-corrected chi connectivity index (χ1v) is 10.8. The van der Waals surface area contributed by atoms with E-state index in [2.05, 4.69) is 21.9 Å². The Hall–Kier alpha value is -2.97. The Balaban J connectivity index is 1.51. The smallest absolute Gasteiger partial charge is 0.352 e. The molecular formula is C22H22N3O4S+. The number of benzene rings is 1. The fourth-order valence-corrected chi connectivity index (χ4v) is 5.77. The second-order valence-corrected chi connectivity index (χ2v) is 8.93. The van der Waals surface area contributed by atoms with E-state index in [0.717, 1.165) is 16.1 Å². The molecule has 2 N–H and O–H groups in total. The molecule has 2 aliphatic rings. The van der Waals surface area contributed by atoms with Crippen molar-refractivity contribution in [3.05, 3.63) is 59.5 Å². The molecule has 5 rings (SSSR count). The average Bonchev–Trinajstić information content (AvgIpc) is 3.34. The zero-order chi connectivity index (χ0) is 21.2. The molecule has 154 valence electrons. The molecule has 0 bridgehead atoms. The highest BCUT2D eigenvalue weighted by Crippen LogP contribution is 2.47. The van der Waals surface area contributed by atoms with Gasteiger partial charge in [0.05, 0.1) is 18.1 Å². The van der Waals surface area contributed by atoms with Crippen LogP contribution in [0.3, 0.4) is 0 Å². The number of carboxylic acid groups (broad SMARTS) is 1. The Morgan fingerprint density at radius 3 is 2.70 bits per heavy atom. The van der Waals surface area contributed by atoms with Gasteiger partial charge >= 0.3 is 5.97 Å². The molecule has 0 unspecified atom stereocenters. The summed E-state index contributed by atoms with van der Waals surface area (Å²) in [6, 6.07) is 9.81. The van der Waals surface area contributed by atoms with Crippen molar-refractivity contribution < 1.29 is 24.4 Å². The van der Waals surface area contributed by atoms with Crippen LogP contribution in [0.25, 0.3) is 16.1 Å². The lowest BCUT2D eigenvalue weighted by atomic mass is 9.78. The van der Waals surface area contributed by atoms with Gasteiger partial charge in [0.25, 0.3) is 0 Å². The highest BCUT2D eigenvalue weighted by molar-refractivity contribution is 7.15. The molecule has 0 spiro atoms. The standard InChI is InChI=1S/C22H21N3O4S/c1-12-15(20(22(28)29)25-19(12)18(13(2)26)21(25)27)8-23-9-17-24(11-23)16(10-30-17)14-6-4-3-5-7-14/h3-7,9-13,18-19,26H,8H2,1-2H3/p+1/t12-,13+,18+,19+/m0/s1. The van der Waals surface area contributed by atoms with Crippen LogP contribution >= 0.6 is 11.3 Å². The van der Waals surface area contributed by atoms with Gasteiger partial charge in [-0.15, -0.1) is 0 Å². The lowest BCUT2D eigenvalue weighted by Gasteiger charge is -2.46. The molecule has 4 heterocycles. The summed E-state index contributed by atoms with van der Waals surface area (Å²) in [6.45, 7) is 3.92. The average molecular weight is 425 g/mol. The lowest BCUT2D eigenvalue weighted by Crippen LogP contribution is -2.63. The molecule has 2 aliphatic heterocycles. The molecule has 2 aromatic heterocycles. The minimum Gasteiger partial charge on any atom is -0.477 e. The number of aliphatic hydroxyl groups excluding tert-OH is 1. The second-order valence-electron chi connectivity index (χ2n) is 8.05. The van der Waals surface area contributed by atoms with Gasteiger partial charge in [-0.05, 0) is 6.92 Å². The Labute approximate surface area is 177 Å². The van der Waals surface area contributed by atoms with E-state index >= 15 is 0 Å². The summed E-state index contributed by atoms with van der Waals surface area (Å²) in [7, 11) is 0. The maximum absolute atomic E-state index is 12.5. The molecule has 4 atom stereocenters. The number of fused-ring (bicyclic) bond motifs is 2. The van der Waals surface area contributed by atoms with Crippen LogP contribution in [-0.2, 0) is 16.1 Å². The van der Waals surface area contributed by atoms with Crippen LogP contribution in [0.1, 0.15) is 13.8 Å². The maximum atomic E-state index is 12.5. The first kappa shape index (κ1) is 19.0. The van der Waals surface area contributed by atoms with E-state index in [4.69, 9.17) is 0 Å². The molecule has 7 nitrogen and oxygen atoms in total. The maximum Gasteiger partial charge on any atom is 0.352 e. The summed E-state index contributed by atoms with van der Waals surface area (Å²) in [6.07, 6.45) is 3.17. The van der Waals surface area contributed by atoms with Crippen molar-refractivity contribution in [1.82, 2.24) is 9.30 Å². The van der Waals surface area contributed by atoms with E-state index in [1.54, 1.807) is 18.3 Å². The summed E-state index contributed by atoms with van der Waals surface area (Å²) in [5.74, 6) is -2.07. The third-order valence-electron chi connectivity index (χ3n) is 6.27. The van der Waals surface area contributed by atoms with E-state index in [1.165, 1.54) is 4.90 Å². The number of hydrogen-bond donors (Lipinski definition) is 2. The highest BCUT2D eigenvalue weighted by Gasteiger charge is 2.60. The van der Waals surface area contributed by atoms with Gasteiger partial charge in [0, 0.05) is 22.4 Å². The molecule has 30 heavy (non-hydrogen) atoms. The van der Waals surface area contributed by atoms with Gasteiger partial charge in [-0.1, -0.05) is 48.6 Å². The van der Waals surface area contributed by atoms with Gasteiger partial charge in [0.1, 0.15) is 18.4 Å². The molecule has 0 aliphatic carbocycles. The van der Waals surface area contributed by atoms with E-state index < -0.39 is 18.0 Å². The van der Waals surface area contributed by atoms with Crippen molar-refractivity contribution in [3.8, 4) is 11.3 Å². The summed E-state index contributed by atoms with van der Waals surface area (Å²) in [5.41, 5.74) is 2.98. The number of imidazole rings is 1. The SMILES string of the molecule is C[C@@H](O)[C@H]1C(=O)N2C(C(=O)O)=C(C[n+]3cc4scc(-c5ccccc5)n4c3)[C@H](C)[C@H]12. The fraction of sp³-hybridized carbons (Fsp3) is 0.318. The second kappa shape index (κ2) is 6.78. The van der Waals surface area contributed by atoms with Crippen LogP contribution in [-0.4, -0.2) is 43.5 Å². The molecule has 1 saturated heterocycles. The quantitative estimate of drug-likeness (QED) is 0.485. The number of aliphatic hydroxyl groups is 1. The largest absolute Gasteiger partial charge is 0.477 e. The molecule has 1 aromatic carbocycles. The van der Waals surface area contributed by atoms with Crippen LogP contribution in [0, 0.1) is 11.8 Å². The van der Waals surface area contributed by atoms with Gasteiger partial charge < -0.3 is 15.1 Å². The number of hydrogen-bond acceptors (Lipinski definition) is 4. The molecule has 8 heteroatoms. The number of amides is 1. The van der Waals surface area contributed by atoms with Crippen LogP contribution in [0.5, 0.6) is 0 Å². The number of rotatable bonds is 5. The predicted octanol–water partition coefficient (Wildman–Crippen LogP) is 2.15.